The first-order valence-corrected chi connectivity index (χ1v) is 9.58. The largest absolute Gasteiger partial charge is 0.382 e. The molecule has 2 N–H and O–H groups in total. The number of aromatic nitrogens is 2. The van der Waals surface area contributed by atoms with Crippen LogP contribution in [-0.4, -0.2) is 33.8 Å². The minimum absolute atomic E-state index is 0.575. The van der Waals surface area contributed by atoms with Crippen molar-refractivity contribution in [2.24, 2.45) is 5.92 Å². The van der Waals surface area contributed by atoms with Gasteiger partial charge in [-0.3, -0.25) is 4.68 Å². The lowest BCUT2D eigenvalue weighted by Gasteiger charge is -2.35. The second-order valence-electron chi connectivity index (χ2n) is 7.44. The van der Waals surface area contributed by atoms with Gasteiger partial charge in [0.2, 0.25) is 0 Å². The molecule has 1 saturated heterocycles. The second-order valence-corrected chi connectivity index (χ2v) is 7.87. The van der Waals surface area contributed by atoms with Crippen LogP contribution in [0.3, 0.4) is 0 Å². The average Bonchev–Trinajstić information content (AvgIpc) is 2.87. The van der Waals surface area contributed by atoms with Gasteiger partial charge < -0.3 is 10.6 Å². The van der Waals surface area contributed by atoms with Gasteiger partial charge in [-0.05, 0) is 62.9 Å². The fourth-order valence-corrected chi connectivity index (χ4v) is 4.07. The summed E-state index contributed by atoms with van der Waals surface area (Å²) in [7, 11) is 0. The highest BCUT2D eigenvalue weighted by molar-refractivity contribution is 6.31. The molecule has 1 aliphatic rings. The SMILES string of the molecule is CC(C)CC(CCn1nc(N)c2cc(Cl)ccc21)N1CCCCC1. The number of piperidine rings is 1. The molecular formula is C19H29ClN4. The van der Waals surface area contributed by atoms with Crippen LogP contribution in [0.15, 0.2) is 18.2 Å². The number of hydrogen-bond donors (Lipinski definition) is 1. The lowest BCUT2D eigenvalue weighted by molar-refractivity contribution is 0.133. The fraction of sp³-hybridized carbons (Fsp3) is 0.632. The number of aryl methyl sites for hydroxylation is 1. The van der Waals surface area contributed by atoms with Crippen molar-refractivity contribution in [3.63, 3.8) is 0 Å². The number of anilines is 1. The van der Waals surface area contributed by atoms with Gasteiger partial charge >= 0.3 is 0 Å². The summed E-state index contributed by atoms with van der Waals surface area (Å²) in [6, 6.07) is 6.49. The zero-order valence-corrected chi connectivity index (χ0v) is 15.6. The summed E-state index contributed by atoms with van der Waals surface area (Å²) < 4.78 is 2.05. The number of halogens is 1. The molecule has 1 aliphatic heterocycles. The third kappa shape index (κ3) is 4.04. The molecule has 1 aromatic heterocycles. The van der Waals surface area contributed by atoms with E-state index in [0.29, 0.717) is 16.9 Å². The van der Waals surface area contributed by atoms with Gasteiger partial charge in [-0.1, -0.05) is 31.9 Å². The first-order valence-electron chi connectivity index (χ1n) is 9.20. The molecule has 0 radical (unpaired) electrons. The van der Waals surface area contributed by atoms with Gasteiger partial charge in [-0.25, -0.2) is 0 Å². The van der Waals surface area contributed by atoms with Gasteiger partial charge in [-0.2, -0.15) is 5.10 Å². The summed E-state index contributed by atoms with van der Waals surface area (Å²) in [4.78, 5) is 2.69. The van der Waals surface area contributed by atoms with E-state index >= 15 is 0 Å². The number of rotatable bonds is 6. The smallest absolute Gasteiger partial charge is 0.153 e. The van der Waals surface area contributed by atoms with Crippen molar-refractivity contribution in [1.82, 2.24) is 14.7 Å². The number of nitrogens with zero attached hydrogens (tertiary/aromatic N) is 3. The zero-order valence-electron chi connectivity index (χ0n) is 14.8. The lowest BCUT2D eigenvalue weighted by Crippen LogP contribution is -2.40. The number of likely N-dealkylation sites (tertiary alicyclic amines) is 1. The van der Waals surface area contributed by atoms with E-state index in [2.05, 4.69) is 28.5 Å². The van der Waals surface area contributed by atoms with Crippen molar-refractivity contribution in [2.75, 3.05) is 18.8 Å². The fourth-order valence-electron chi connectivity index (χ4n) is 3.90. The van der Waals surface area contributed by atoms with Crippen LogP contribution in [-0.2, 0) is 6.54 Å². The van der Waals surface area contributed by atoms with Crippen LogP contribution in [0.4, 0.5) is 5.82 Å². The van der Waals surface area contributed by atoms with E-state index in [1.165, 1.54) is 38.8 Å². The minimum Gasteiger partial charge on any atom is -0.382 e. The van der Waals surface area contributed by atoms with Gasteiger partial charge in [0.15, 0.2) is 5.82 Å². The molecule has 5 heteroatoms. The van der Waals surface area contributed by atoms with Crippen molar-refractivity contribution in [2.45, 2.75) is 58.5 Å². The molecule has 0 amide bonds. The lowest BCUT2D eigenvalue weighted by atomic mass is 9.97. The molecule has 3 rings (SSSR count). The molecule has 0 saturated carbocycles. The summed E-state index contributed by atoms with van der Waals surface area (Å²) in [5.41, 5.74) is 7.16. The number of hydrogen-bond acceptors (Lipinski definition) is 3. The highest BCUT2D eigenvalue weighted by atomic mass is 35.5. The number of nitrogen functional groups attached to an aromatic ring is 1. The average molecular weight is 349 g/mol. The Kier molecular flexibility index (Phi) is 5.67. The molecular weight excluding hydrogens is 320 g/mol. The molecule has 2 heterocycles. The number of fused-ring (bicyclic) bond motifs is 1. The van der Waals surface area contributed by atoms with Crippen molar-refractivity contribution in [1.29, 1.82) is 0 Å². The summed E-state index contributed by atoms with van der Waals surface area (Å²) in [5.74, 6) is 1.29. The van der Waals surface area contributed by atoms with Crippen LogP contribution in [0.1, 0.15) is 46.0 Å². The summed E-state index contributed by atoms with van der Waals surface area (Å²) in [6.45, 7) is 8.04. The van der Waals surface area contributed by atoms with E-state index in [4.69, 9.17) is 17.3 Å². The van der Waals surface area contributed by atoms with E-state index in [0.717, 1.165) is 29.8 Å². The van der Waals surface area contributed by atoms with Crippen LogP contribution in [0.2, 0.25) is 5.02 Å². The quantitative estimate of drug-likeness (QED) is 0.832. The molecule has 24 heavy (non-hydrogen) atoms. The van der Waals surface area contributed by atoms with Crippen molar-refractivity contribution < 1.29 is 0 Å². The summed E-state index contributed by atoms with van der Waals surface area (Å²) in [6.07, 6.45) is 6.43. The van der Waals surface area contributed by atoms with E-state index in [1.807, 2.05) is 18.2 Å². The van der Waals surface area contributed by atoms with E-state index in [9.17, 15) is 0 Å². The highest BCUT2D eigenvalue weighted by Crippen LogP contribution is 2.26. The monoisotopic (exact) mass is 348 g/mol. The van der Waals surface area contributed by atoms with Gasteiger partial charge in [0.05, 0.1) is 5.52 Å². The van der Waals surface area contributed by atoms with Crippen molar-refractivity contribution >= 4 is 28.3 Å². The zero-order chi connectivity index (χ0) is 17.1. The molecule has 1 atom stereocenters. The van der Waals surface area contributed by atoms with Crippen molar-refractivity contribution in [3.05, 3.63) is 23.2 Å². The molecule has 2 aromatic rings. The topological polar surface area (TPSA) is 47.1 Å². The van der Waals surface area contributed by atoms with Crippen LogP contribution >= 0.6 is 11.6 Å². The van der Waals surface area contributed by atoms with Crippen LogP contribution in [0.25, 0.3) is 10.9 Å². The third-order valence-corrected chi connectivity index (χ3v) is 5.30. The Morgan fingerprint density at radius 3 is 2.67 bits per heavy atom. The third-order valence-electron chi connectivity index (χ3n) is 5.07. The molecule has 0 aliphatic carbocycles. The Balaban J connectivity index is 1.74. The highest BCUT2D eigenvalue weighted by Gasteiger charge is 2.22. The Morgan fingerprint density at radius 1 is 1.21 bits per heavy atom. The second kappa shape index (κ2) is 7.75. The Morgan fingerprint density at radius 2 is 1.96 bits per heavy atom. The summed E-state index contributed by atoms with van der Waals surface area (Å²) >= 11 is 6.09. The normalized spacial score (nSPS) is 17.7. The molecule has 0 bridgehead atoms. The number of benzene rings is 1. The Labute approximate surface area is 149 Å². The molecule has 1 unspecified atom stereocenters. The minimum atomic E-state index is 0.575. The van der Waals surface area contributed by atoms with E-state index < -0.39 is 0 Å². The van der Waals surface area contributed by atoms with Crippen LogP contribution in [0.5, 0.6) is 0 Å². The first kappa shape index (κ1) is 17.6. The van der Waals surface area contributed by atoms with Gasteiger partial charge in [0, 0.05) is 23.0 Å². The molecule has 132 valence electrons. The predicted octanol–water partition coefficient (Wildman–Crippen LogP) is 4.56. The number of nitrogens with two attached hydrogens (primary N) is 1. The van der Waals surface area contributed by atoms with E-state index in [1.54, 1.807) is 0 Å². The standard InChI is InChI=1S/C19H29ClN4/c1-14(2)12-16(23-9-4-3-5-10-23)8-11-24-18-7-6-15(20)13-17(18)19(21)22-24/h6-7,13-14,16H,3-5,8-12H2,1-2H3,(H2,21,22). The Hall–Kier alpha value is -1.26. The summed E-state index contributed by atoms with van der Waals surface area (Å²) in [5, 5.41) is 6.21. The molecule has 1 fully saturated rings. The van der Waals surface area contributed by atoms with Crippen molar-refractivity contribution in [3.8, 4) is 0 Å². The predicted molar refractivity (Wildman–Crippen MR) is 102 cm³/mol. The molecule has 1 aromatic carbocycles. The van der Waals surface area contributed by atoms with Gasteiger partial charge in [0.25, 0.3) is 0 Å². The van der Waals surface area contributed by atoms with Crippen LogP contribution < -0.4 is 5.73 Å². The first-order chi connectivity index (χ1) is 11.5. The maximum atomic E-state index is 6.09. The maximum Gasteiger partial charge on any atom is 0.153 e. The van der Waals surface area contributed by atoms with Gasteiger partial charge in [-0.15, -0.1) is 0 Å². The molecule has 0 spiro atoms. The molecule has 4 nitrogen and oxygen atoms in total. The Bertz CT molecular complexity index is 673. The maximum absolute atomic E-state index is 6.09. The van der Waals surface area contributed by atoms with Gasteiger partial charge in [0.1, 0.15) is 0 Å². The van der Waals surface area contributed by atoms with E-state index in [-0.39, 0.29) is 0 Å². The van der Waals surface area contributed by atoms with Crippen LogP contribution in [0, 0.1) is 5.92 Å².